The number of fused-ring (bicyclic) bond motifs is 1. The van der Waals surface area contributed by atoms with Crippen molar-refractivity contribution in [3.8, 4) is 5.75 Å². The molecule has 0 radical (unpaired) electrons. The van der Waals surface area contributed by atoms with Crippen LogP contribution in [-0.4, -0.2) is 29.2 Å². The molecule has 0 spiro atoms. The highest BCUT2D eigenvalue weighted by Gasteiger charge is 2.26. The Morgan fingerprint density at radius 1 is 1.35 bits per heavy atom. The van der Waals surface area contributed by atoms with Gasteiger partial charge in [0.1, 0.15) is 5.75 Å². The maximum atomic E-state index is 11.7. The zero-order valence-electron chi connectivity index (χ0n) is 10.7. The predicted molar refractivity (Wildman–Crippen MR) is 74.9 cm³/mol. The Labute approximate surface area is 122 Å². The average Bonchev–Trinajstić information content (AvgIpc) is 2.37. The molecular formula is C11H14ClNO5S2. The molecule has 0 aliphatic carbocycles. The van der Waals surface area contributed by atoms with Crippen LogP contribution in [0.3, 0.4) is 0 Å². The van der Waals surface area contributed by atoms with E-state index < -0.39 is 25.1 Å². The van der Waals surface area contributed by atoms with Gasteiger partial charge >= 0.3 is 0 Å². The Morgan fingerprint density at radius 3 is 2.65 bits per heavy atom. The van der Waals surface area contributed by atoms with Gasteiger partial charge in [-0.2, -0.15) is 0 Å². The number of rotatable bonds is 4. The highest BCUT2D eigenvalue weighted by atomic mass is 35.7. The van der Waals surface area contributed by atoms with E-state index in [1.165, 1.54) is 25.1 Å². The fourth-order valence-corrected chi connectivity index (χ4v) is 3.58. The first-order valence-corrected chi connectivity index (χ1v) is 9.90. The quantitative estimate of drug-likeness (QED) is 0.837. The molecule has 0 saturated carbocycles. The largest absolute Gasteiger partial charge is 0.493 e. The molecule has 0 fully saturated rings. The average molecular weight is 340 g/mol. The summed E-state index contributed by atoms with van der Waals surface area (Å²) in [5, 5.41) is 0. The van der Waals surface area contributed by atoms with E-state index >= 15 is 0 Å². The van der Waals surface area contributed by atoms with Gasteiger partial charge in [0.2, 0.25) is 10.0 Å². The van der Waals surface area contributed by atoms with E-state index in [1.807, 2.05) is 0 Å². The topological polar surface area (TPSA) is 89.5 Å². The molecule has 2 rings (SSSR count). The summed E-state index contributed by atoms with van der Waals surface area (Å²) in [6, 6.07) is 3.65. The van der Waals surface area contributed by atoms with Crippen molar-refractivity contribution in [2.45, 2.75) is 24.3 Å². The van der Waals surface area contributed by atoms with Gasteiger partial charge in [-0.05, 0) is 25.1 Å². The van der Waals surface area contributed by atoms with E-state index in [0.717, 1.165) is 0 Å². The summed E-state index contributed by atoms with van der Waals surface area (Å²) in [4.78, 5) is -0.0795. The number of sulfonamides is 1. The van der Waals surface area contributed by atoms with E-state index in [4.69, 9.17) is 15.4 Å². The minimum atomic E-state index is -3.87. The van der Waals surface area contributed by atoms with Gasteiger partial charge in [-0.15, -0.1) is 0 Å². The number of hydrogen-bond acceptors (Lipinski definition) is 5. The van der Waals surface area contributed by atoms with Crippen LogP contribution in [0, 0.1) is 0 Å². The Morgan fingerprint density at radius 2 is 2.05 bits per heavy atom. The second-order valence-electron chi connectivity index (χ2n) is 4.35. The van der Waals surface area contributed by atoms with Crippen LogP contribution in [-0.2, 0) is 19.1 Å². The molecule has 1 N–H and O–H groups in total. The van der Waals surface area contributed by atoms with Crippen LogP contribution >= 0.6 is 10.7 Å². The van der Waals surface area contributed by atoms with Crippen molar-refractivity contribution in [2.24, 2.45) is 0 Å². The number of hydrogen-bond donors (Lipinski definition) is 1. The van der Waals surface area contributed by atoms with Crippen molar-refractivity contribution in [1.82, 2.24) is 4.72 Å². The molecule has 0 bridgehead atoms. The van der Waals surface area contributed by atoms with Crippen molar-refractivity contribution in [3.05, 3.63) is 23.8 Å². The van der Waals surface area contributed by atoms with E-state index in [1.54, 1.807) is 0 Å². The first kappa shape index (κ1) is 15.6. The number of halogens is 1. The maximum Gasteiger partial charge on any atom is 0.261 e. The summed E-state index contributed by atoms with van der Waals surface area (Å²) >= 11 is 0. The number of nitrogens with one attached hydrogen (secondary N) is 1. The number of ether oxygens (including phenoxy) is 1. The van der Waals surface area contributed by atoms with E-state index in [9.17, 15) is 16.8 Å². The molecule has 0 amide bonds. The van der Waals surface area contributed by atoms with Gasteiger partial charge in [0, 0.05) is 22.7 Å². The van der Waals surface area contributed by atoms with Crippen LogP contribution < -0.4 is 9.46 Å². The van der Waals surface area contributed by atoms with Crippen LogP contribution in [0.1, 0.15) is 24.9 Å². The summed E-state index contributed by atoms with van der Waals surface area (Å²) in [6.45, 7) is 1.89. The molecular weight excluding hydrogens is 326 g/mol. The third-order valence-electron chi connectivity index (χ3n) is 3.00. The van der Waals surface area contributed by atoms with Crippen LogP contribution in [0.25, 0.3) is 0 Å². The lowest BCUT2D eigenvalue weighted by Crippen LogP contribution is -2.33. The highest BCUT2D eigenvalue weighted by molar-refractivity contribution is 8.13. The van der Waals surface area contributed by atoms with Gasteiger partial charge in [0.15, 0.2) is 0 Å². The van der Waals surface area contributed by atoms with Crippen LogP contribution in [0.2, 0.25) is 0 Å². The molecule has 6 nitrogen and oxygen atoms in total. The van der Waals surface area contributed by atoms with Crippen LogP contribution in [0.4, 0.5) is 0 Å². The van der Waals surface area contributed by atoms with E-state index in [2.05, 4.69) is 4.72 Å². The minimum absolute atomic E-state index is 0.0484. The molecule has 1 unspecified atom stereocenters. The van der Waals surface area contributed by atoms with Gasteiger partial charge in [0.05, 0.1) is 23.3 Å². The third-order valence-corrected chi connectivity index (χ3v) is 5.76. The smallest absolute Gasteiger partial charge is 0.261 e. The molecule has 9 heteroatoms. The predicted octanol–water partition coefficient (Wildman–Crippen LogP) is 1.38. The highest BCUT2D eigenvalue weighted by Crippen LogP contribution is 2.34. The van der Waals surface area contributed by atoms with Crippen LogP contribution in [0.5, 0.6) is 5.75 Å². The molecule has 0 saturated heterocycles. The zero-order chi connectivity index (χ0) is 15.0. The first-order valence-electron chi connectivity index (χ1n) is 5.94. The van der Waals surface area contributed by atoms with Crippen molar-refractivity contribution in [2.75, 3.05) is 12.4 Å². The standard InChI is InChI=1S/C11H14ClNO5S2/c1-2-19(14,15)13-10-5-6-18-11-4-3-8(7-9(10)11)20(12,16)17/h3-4,7,10,13H,2,5-6H2,1H3. The first-order chi connectivity index (χ1) is 9.23. The second kappa shape index (κ2) is 5.51. The molecule has 112 valence electrons. The van der Waals surface area contributed by atoms with E-state index in [0.29, 0.717) is 24.3 Å². The Kier molecular flexibility index (Phi) is 4.29. The molecule has 0 aromatic heterocycles. The lowest BCUT2D eigenvalue weighted by molar-refractivity contribution is 0.262. The van der Waals surface area contributed by atoms with Crippen molar-refractivity contribution in [3.63, 3.8) is 0 Å². The molecule has 1 heterocycles. The normalized spacial score (nSPS) is 19.2. The Bertz CT molecular complexity index is 714. The maximum absolute atomic E-state index is 11.7. The van der Waals surface area contributed by atoms with Crippen molar-refractivity contribution >= 4 is 29.8 Å². The van der Waals surface area contributed by atoms with Crippen molar-refractivity contribution < 1.29 is 21.6 Å². The second-order valence-corrected chi connectivity index (χ2v) is 8.96. The van der Waals surface area contributed by atoms with Gasteiger partial charge in [-0.1, -0.05) is 0 Å². The fraction of sp³-hybridized carbons (Fsp3) is 0.455. The molecule has 1 aromatic carbocycles. The van der Waals surface area contributed by atoms with Gasteiger partial charge in [-0.25, -0.2) is 21.6 Å². The summed E-state index contributed by atoms with van der Waals surface area (Å²) in [7, 11) is -1.97. The van der Waals surface area contributed by atoms with Gasteiger partial charge in [-0.3, -0.25) is 0 Å². The zero-order valence-corrected chi connectivity index (χ0v) is 13.1. The summed E-state index contributed by atoms with van der Waals surface area (Å²) in [5.41, 5.74) is 0.481. The number of benzene rings is 1. The SMILES string of the molecule is CCS(=O)(=O)NC1CCOc2ccc(S(=O)(=O)Cl)cc21. The van der Waals surface area contributed by atoms with Crippen LogP contribution in [0.15, 0.2) is 23.1 Å². The van der Waals surface area contributed by atoms with Gasteiger partial charge < -0.3 is 4.74 Å². The summed E-state index contributed by atoms with van der Waals surface area (Å²) < 4.78 is 54.0. The van der Waals surface area contributed by atoms with Crippen molar-refractivity contribution in [1.29, 1.82) is 0 Å². The monoisotopic (exact) mass is 339 g/mol. The minimum Gasteiger partial charge on any atom is -0.493 e. The third kappa shape index (κ3) is 3.43. The summed E-state index contributed by atoms with van der Waals surface area (Å²) in [6.07, 6.45) is 0.429. The van der Waals surface area contributed by atoms with Gasteiger partial charge in [0.25, 0.3) is 9.05 Å². The molecule has 1 atom stereocenters. The summed E-state index contributed by atoms with van der Waals surface area (Å²) in [5.74, 6) is 0.414. The Hall–Kier alpha value is -0.830. The molecule has 20 heavy (non-hydrogen) atoms. The fourth-order valence-electron chi connectivity index (χ4n) is 1.95. The molecule has 1 aliphatic rings. The Balaban J connectivity index is 2.43. The lowest BCUT2D eigenvalue weighted by Gasteiger charge is -2.26. The molecule has 1 aromatic rings. The van der Waals surface area contributed by atoms with E-state index in [-0.39, 0.29) is 10.6 Å². The lowest BCUT2D eigenvalue weighted by atomic mass is 10.0. The molecule has 1 aliphatic heterocycles.